The van der Waals surface area contributed by atoms with E-state index in [2.05, 4.69) is 26.6 Å². The minimum absolute atomic E-state index is 0.00401. The molecule has 0 unspecified atom stereocenters. The van der Waals surface area contributed by atoms with Crippen molar-refractivity contribution in [3.8, 4) is 11.1 Å². The van der Waals surface area contributed by atoms with Gasteiger partial charge in [-0.15, -0.1) is 0 Å². The first-order valence-corrected chi connectivity index (χ1v) is 9.39. The van der Waals surface area contributed by atoms with E-state index in [1.807, 2.05) is 36.4 Å². The maximum Gasteiger partial charge on any atom is 0.279 e. The van der Waals surface area contributed by atoms with Crippen molar-refractivity contribution in [3.05, 3.63) is 86.3 Å². The number of rotatable bonds is 4. The summed E-state index contributed by atoms with van der Waals surface area (Å²) in [5.74, 6) is 0. The van der Waals surface area contributed by atoms with Crippen LogP contribution in [0.3, 0.4) is 0 Å². The van der Waals surface area contributed by atoms with Gasteiger partial charge in [-0.25, -0.2) is 0 Å². The Balaban J connectivity index is 1.82. The van der Waals surface area contributed by atoms with E-state index in [9.17, 15) is 10.1 Å². The molecule has 27 heavy (non-hydrogen) atoms. The molecule has 0 spiro atoms. The van der Waals surface area contributed by atoms with E-state index in [0.29, 0.717) is 22.0 Å². The van der Waals surface area contributed by atoms with Crippen LogP contribution in [0.15, 0.2) is 71.2 Å². The quantitative estimate of drug-likeness (QED) is 0.264. The number of nitro benzene ring substituents is 1. The van der Waals surface area contributed by atoms with Gasteiger partial charge >= 0.3 is 0 Å². The van der Waals surface area contributed by atoms with Crippen LogP contribution in [-0.4, -0.2) is 10.0 Å². The Hall–Kier alpha value is -2.48. The van der Waals surface area contributed by atoms with Gasteiger partial charge in [-0.2, -0.15) is 0 Å². The first-order chi connectivity index (χ1) is 12.9. The highest BCUT2D eigenvalue weighted by molar-refractivity contribution is 9.10. The lowest BCUT2D eigenvalue weighted by atomic mass is 10.0. The van der Waals surface area contributed by atoms with Crippen LogP contribution in [0, 0.1) is 10.1 Å². The lowest BCUT2D eigenvalue weighted by molar-refractivity contribution is -0.384. The molecule has 3 aromatic carbocycles. The first kappa shape index (κ1) is 19.3. The summed E-state index contributed by atoms with van der Waals surface area (Å²) in [4.78, 5) is 11.1. The zero-order valence-corrected chi connectivity index (χ0v) is 16.9. The predicted molar refractivity (Wildman–Crippen MR) is 118 cm³/mol. The van der Waals surface area contributed by atoms with Gasteiger partial charge in [0.25, 0.3) is 5.69 Å². The van der Waals surface area contributed by atoms with Gasteiger partial charge in [-0.05, 0) is 48.1 Å². The van der Waals surface area contributed by atoms with Crippen LogP contribution in [0.5, 0.6) is 0 Å². The molecule has 0 amide bonds. The molecule has 0 aliphatic heterocycles. The fraction of sp³-hybridized carbons (Fsp3) is 0. The van der Waals surface area contributed by atoms with Crippen LogP contribution >= 0.6 is 39.7 Å². The van der Waals surface area contributed by atoms with Gasteiger partial charge in [0.2, 0.25) is 0 Å². The number of benzene rings is 3. The molecule has 3 rings (SSSR count). The number of nitro groups is 1. The van der Waals surface area contributed by atoms with Gasteiger partial charge in [0.1, 0.15) is 0 Å². The number of thiocarbonyl (C=S) groups is 1. The number of hydrogen-bond donors (Lipinski definition) is 2. The van der Waals surface area contributed by atoms with Crippen molar-refractivity contribution in [2.75, 3.05) is 10.6 Å². The number of hydrogen-bond acceptors (Lipinski definition) is 3. The molecule has 8 heteroatoms. The molecule has 3 aromatic rings. The average Bonchev–Trinajstić information content (AvgIpc) is 2.64. The van der Waals surface area contributed by atoms with Crippen molar-refractivity contribution >= 4 is 61.9 Å². The first-order valence-electron chi connectivity index (χ1n) is 7.81. The van der Waals surface area contributed by atoms with Crippen molar-refractivity contribution in [2.24, 2.45) is 0 Å². The Labute approximate surface area is 174 Å². The van der Waals surface area contributed by atoms with E-state index >= 15 is 0 Å². The Kier molecular flexibility index (Phi) is 6.05. The SMILES string of the molecule is O=[N+]([O-])c1cc(NC(=S)Nc2ccc(Br)cc2Cl)ccc1-c1ccccc1. The average molecular weight is 463 g/mol. The van der Waals surface area contributed by atoms with Gasteiger partial charge in [0, 0.05) is 16.2 Å². The summed E-state index contributed by atoms with van der Waals surface area (Å²) in [6.07, 6.45) is 0. The van der Waals surface area contributed by atoms with E-state index < -0.39 is 4.92 Å². The fourth-order valence-corrected chi connectivity index (χ4v) is 3.45. The Bertz CT molecular complexity index is 1020. The van der Waals surface area contributed by atoms with Gasteiger partial charge in [-0.3, -0.25) is 10.1 Å². The highest BCUT2D eigenvalue weighted by atomic mass is 79.9. The second-order valence-electron chi connectivity index (χ2n) is 5.56. The topological polar surface area (TPSA) is 67.2 Å². The van der Waals surface area contributed by atoms with E-state index in [1.165, 1.54) is 6.07 Å². The minimum atomic E-state index is -0.407. The third kappa shape index (κ3) is 4.82. The molecule has 0 heterocycles. The molecule has 0 saturated heterocycles. The molecule has 0 bridgehead atoms. The highest BCUT2D eigenvalue weighted by Crippen LogP contribution is 2.32. The summed E-state index contributed by atoms with van der Waals surface area (Å²) in [6, 6.07) is 19.5. The molecule has 136 valence electrons. The Morgan fingerprint density at radius 1 is 1.04 bits per heavy atom. The molecule has 0 saturated carbocycles. The monoisotopic (exact) mass is 461 g/mol. The zero-order valence-electron chi connectivity index (χ0n) is 13.8. The molecule has 2 N–H and O–H groups in total. The summed E-state index contributed by atoms with van der Waals surface area (Å²) in [7, 11) is 0. The second-order valence-corrected chi connectivity index (χ2v) is 7.29. The van der Waals surface area contributed by atoms with Gasteiger partial charge in [0.15, 0.2) is 5.11 Å². The number of nitrogens with one attached hydrogen (secondary N) is 2. The molecular formula is C19H13BrClN3O2S. The van der Waals surface area contributed by atoms with Crippen molar-refractivity contribution in [2.45, 2.75) is 0 Å². The second kappa shape index (κ2) is 8.47. The van der Waals surface area contributed by atoms with Crippen molar-refractivity contribution < 1.29 is 4.92 Å². The van der Waals surface area contributed by atoms with Crippen LogP contribution in [0.2, 0.25) is 5.02 Å². The van der Waals surface area contributed by atoms with E-state index in [4.69, 9.17) is 23.8 Å². The van der Waals surface area contributed by atoms with Gasteiger partial charge < -0.3 is 10.6 Å². The lowest BCUT2D eigenvalue weighted by Gasteiger charge is -2.13. The van der Waals surface area contributed by atoms with E-state index in [1.54, 1.807) is 24.3 Å². The summed E-state index contributed by atoms with van der Waals surface area (Å²) < 4.78 is 0.851. The molecule has 0 radical (unpaired) electrons. The van der Waals surface area contributed by atoms with Crippen LogP contribution in [0.1, 0.15) is 0 Å². The third-order valence-corrected chi connectivity index (χ3v) is 4.73. The summed E-state index contributed by atoms with van der Waals surface area (Å²) >= 11 is 14.8. The highest BCUT2D eigenvalue weighted by Gasteiger charge is 2.16. The molecule has 0 aliphatic rings. The number of halogens is 2. The normalized spacial score (nSPS) is 10.3. The van der Waals surface area contributed by atoms with Crippen LogP contribution in [-0.2, 0) is 0 Å². The van der Waals surface area contributed by atoms with Crippen molar-refractivity contribution in [1.29, 1.82) is 0 Å². The summed E-state index contributed by atoms with van der Waals surface area (Å²) in [5, 5.41) is 18.2. The maximum atomic E-state index is 11.5. The van der Waals surface area contributed by atoms with Crippen molar-refractivity contribution in [1.82, 2.24) is 0 Å². The third-order valence-electron chi connectivity index (χ3n) is 3.72. The largest absolute Gasteiger partial charge is 0.332 e. The van der Waals surface area contributed by atoms with Gasteiger partial charge in [0.05, 0.1) is 21.2 Å². The lowest BCUT2D eigenvalue weighted by Crippen LogP contribution is -2.19. The fourth-order valence-electron chi connectivity index (χ4n) is 2.50. The van der Waals surface area contributed by atoms with Crippen molar-refractivity contribution in [3.63, 3.8) is 0 Å². The smallest absolute Gasteiger partial charge is 0.279 e. The van der Waals surface area contributed by atoms with Crippen LogP contribution < -0.4 is 10.6 Å². The number of nitrogens with zero attached hydrogens (tertiary/aromatic N) is 1. The predicted octanol–water partition coefficient (Wildman–Crippen LogP) is 6.49. The maximum absolute atomic E-state index is 11.5. The summed E-state index contributed by atoms with van der Waals surface area (Å²) in [5.41, 5.74) is 2.45. The summed E-state index contributed by atoms with van der Waals surface area (Å²) in [6.45, 7) is 0. The van der Waals surface area contributed by atoms with Crippen LogP contribution in [0.4, 0.5) is 17.1 Å². The number of anilines is 2. The molecule has 5 nitrogen and oxygen atoms in total. The Morgan fingerprint density at radius 3 is 2.44 bits per heavy atom. The Morgan fingerprint density at radius 2 is 1.78 bits per heavy atom. The molecular weight excluding hydrogens is 450 g/mol. The zero-order chi connectivity index (χ0) is 19.4. The minimum Gasteiger partial charge on any atom is -0.332 e. The van der Waals surface area contributed by atoms with Gasteiger partial charge in [-0.1, -0.05) is 57.9 Å². The molecule has 0 aliphatic carbocycles. The van der Waals surface area contributed by atoms with E-state index in [-0.39, 0.29) is 10.8 Å². The van der Waals surface area contributed by atoms with E-state index in [0.717, 1.165) is 10.0 Å². The molecule has 0 atom stereocenters. The molecule has 0 aromatic heterocycles. The van der Waals surface area contributed by atoms with Crippen LogP contribution in [0.25, 0.3) is 11.1 Å². The standard InChI is InChI=1S/C19H13BrClN3O2S/c20-13-6-9-17(16(21)10-13)23-19(27)22-14-7-8-15(18(11-14)24(25)26)12-4-2-1-3-5-12/h1-11H,(H2,22,23,27). The molecule has 0 fully saturated rings.